The third kappa shape index (κ3) is 4.67. The van der Waals surface area contributed by atoms with E-state index in [1.54, 1.807) is 4.90 Å². The Hall–Kier alpha value is -2.19. The van der Waals surface area contributed by atoms with Crippen molar-refractivity contribution in [2.45, 2.75) is 12.5 Å². The first-order valence-electron chi connectivity index (χ1n) is 8.02. The summed E-state index contributed by atoms with van der Waals surface area (Å²) in [7, 11) is 2.77. The molecule has 0 aromatic heterocycles. The number of aliphatic hydroxyl groups is 1. The fourth-order valence-electron chi connectivity index (χ4n) is 2.93. The molecule has 2 N–H and O–H groups in total. The Labute approximate surface area is 145 Å². The Morgan fingerprint density at radius 3 is 2.76 bits per heavy atom. The summed E-state index contributed by atoms with van der Waals surface area (Å²) in [5, 5.41) is 12.3. The van der Waals surface area contributed by atoms with Gasteiger partial charge in [-0.25, -0.2) is 4.39 Å². The van der Waals surface area contributed by atoms with Gasteiger partial charge in [0.15, 0.2) is 11.6 Å². The highest BCUT2D eigenvalue weighted by Crippen LogP contribution is 2.22. The maximum absolute atomic E-state index is 13.8. The molecule has 2 atom stereocenters. The number of nitrogens with one attached hydrogen (secondary N) is 1. The molecule has 138 valence electrons. The van der Waals surface area contributed by atoms with Crippen LogP contribution in [-0.2, 0) is 9.53 Å². The molecule has 1 aromatic rings. The van der Waals surface area contributed by atoms with Crippen molar-refractivity contribution in [2.75, 3.05) is 40.5 Å². The maximum atomic E-state index is 13.8. The molecule has 1 aliphatic rings. The molecule has 0 bridgehead atoms. The molecular formula is C17H23FN2O5. The number of carbonyl (C=O) groups excluding carboxylic acids is 2. The summed E-state index contributed by atoms with van der Waals surface area (Å²) in [5.74, 6) is -1.32. The first kappa shape index (κ1) is 19.1. The first-order chi connectivity index (χ1) is 12.0. The summed E-state index contributed by atoms with van der Waals surface area (Å²) in [4.78, 5) is 25.9. The SMILES string of the molecule is COCC(=O)N[C@@H]1CN(C(=O)c2ccc(OC)c(F)c2)CC[C@@H]1CO. The van der Waals surface area contributed by atoms with E-state index in [0.29, 0.717) is 13.0 Å². The van der Waals surface area contributed by atoms with Gasteiger partial charge < -0.3 is 24.8 Å². The number of rotatable bonds is 6. The number of hydrogen-bond donors (Lipinski definition) is 2. The van der Waals surface area contributed by atoms with Gasteiger partial charge in [-0.2, -0.15) is 0 Å². The highest BCUT2D eigenvalue weighted by atomic mass is 19.1. The second kappa shape index (κ2) is 8.77. The quantitative estimate of drug-likeness (QED) is 0.773. The Morgan fingerprint density at radius 1 is 1.40 bits per heavy atom. The molecular weight excluding hydrogens is 331 g/mol. The van der Waals surface area contributed by atoms with Crippen LogP contribution in [0.1, 0.15) is 16.8 Å². The lowest BCUT2D eigenvalue weighted by Crippen LogP contribution is -2.55. The molecule has 25 heavy (non-hydrogen) atoms. The number of nitrogens with zero attached hydrogens (tertiary/aromatic N) is 1. The molecule has 7 nitrogen and oxygen atoms in total. The number of aliphatic hydroxyl groups excluding tert-OH is 1. The number of hydrogen-bond acceptors (Lipinski definition) is 5. The van der Waals surface area contributed by atoms with E-state index in [9.17, 15) is 19.1 Å². The Balaban J connectivity index is 2.09. The van der Waals surface area contributed by atoms with Gasteiger partial charge in [-0.3, -0.25) is 9.59 Å². The van der Waals surface area contributed by atoms with Crippen LogP contribution in [-0.4, -0.2) is 68.4 Å². The molecule has 1 saturated heterocycles. The standard InChI is InChI=1S/C17H23FN2O5/c1-24-10-16(22)19-14-8-20(6-5-12(14)9-21)17(23)11-3-4-15(25-2)13(18)7-11/h3-4,7,12,14,21H,5-6,8-10H2,1-2H3,(H,19,22)/t12-,14-/m1/s1. The van der Waals surface area contributed by atoms with Gasteiger partial charge in [-0.15, -0.1) is 0 Å². The topological polar surface area (TPSA) is 88.1 Å². The Morgan fingerprint density at radius 2 is 2.16 bits per heavy atom. The molecule has 0 radical (unpaired) electrons. The summed E-state index contributed by atoms with van der Waals surface area (Å²) in [5.41, 5.74) is 0.211. The molecule has 0 spiro atoms. The van der Waals surface area contributed by atoms with Gasteiger partial charge in [0.25, 0.3) is 5.91 Å². The molecule has 1 aromatic carbocycles. The highest BCUT2D eigenvalue weighted by Gasteiger charge is 2.32. The molecule has 1 heterocycles. The normalized spacial score (nSPS) is 20.2. The Bertz CT molecular complexity index is 625. The van der Waals surface area contributed by atoms with Crippen LogP contribution in [0.5, 0.6) is 5.75 Å². The second-order valence-corrected chi connectivity index (χ2v) is 5.94. The van der Waals surface area contributed by atoms with Crippen molar-refractivity contribution >= 4 is 11.8 Å². The monoisotopic (exact) mass is 354 g/mol. The number of amides is 2. The third-order valence-electron chi connectivity index (χ3n) is 4.30. The number of likely N-dealkylation sites (tertiary alicyclic amines) is 1. The fourth-order valence-corrected chi connectivity index (χ4v) is 2.93. The zero-order valence-corrected chi connectivity index (χ0v) is 14.3. The van der Waals surface area contributed by atoms with Crippen molar-refractivity contribution in [1.82, 2.24) is 10.2 Å². The molecule has 1 aliphatic heterocycles. The van der Waals surface area contributed by atoms with E-state index < -0.39 is 5.82 Å². The van der Waals surface area contributed by atoms with Crippen molar-refractivity contribution in [3.8, 4) is 5.75 Å². The van der Waals surface area contributed by atoms with Gasteiger partial charge in [0.2, 0.25) is 5.91 Å². The summed E-state index contributed by atoms with van der Waals surface area (Å²) in [6, 6.07) is 3.66. The van der Waals surface area contributed by atoms with Gasteiger partial charge >= 0.3 is 0 Å². The smallest absolute Gasteiger partial charge is 0.254 e. The molecule has 0 aliphatic carbocycles. The molecule has 0 saturated carbocycles. The number of carbonyl (C=O) groups is 2. The lowest BCUT2D eigenvalue weighted by molar-refractivity contribution is -0.126. The lowest BCUT2D eigenvalue weighted by atomic mass is 9.91. The third-order valence-corrected chi connectivity index (χ3v) is 4.30. The van der Waals surface area contributed by atoms with Gasteiger partial charge in [-0.05, 0) is 24.6 Å². The van der Waals surface area contributed by atoms with Crippen LogP contribution in [0.4, 0.5) is 4.39 Å². The zero-order chi connectivity index (χ0) is 18.4. The van der Waals surface area contributed by atoms with E-state index in [1.165, 1.54) is 26.4 Å². The largest absolute Gasteiger partial charge is 0.494 e. The zero-order valence-electron chi connectivity index (χ0n) is 14.3. The van der Waals surface area contributed by atoms with E-state index in [-0.39, 0.29) is 54.8 Å². The minimum atomic E-state index is -0.608. The van der Waals surface area contributed by atoms with Crippen LogP contribution in [0.25, 0.3) is 0 Å². The number of ether oxygens (including phenoxy) is 2. The second-order valence-electron chi connectivity index (χ2n) is 5.94. The molecule has 8 heteroatoms. The molecule has 1 fully saturated rings. The average molecular weight is 354 g/mol. The van der Waals surface area contributed by atoms with Crippen molar-refractivity contribution in [1.29, 1.82) is 0 Å². The lowest BCUT2D eigenvalue weighted by Gasteiger charge is -2.38. The van der Waals surface area contributed by atoms with Crippen LogP contribution in [0.3, 0.4) is 0 Å². The van der Waals surface area contributed by atoms with E-state index in [0.717, 1.165) is 6.07 Å². The van der Waals surface area contributed by atoms with E-state index in [4.69, 9.17) is 9.47 Å². The fraction of sp³-hybridized carbons (Fsp3) is 0.529. The number of methoxy groups -OCH3 is 2. The number of benzene rings is 1. The van der Waals surface area contributed by atoms with Gasteiger partial charge in [0.1, 0.15) is 6.61 Å². The van der Waals surface area contributed by atoms with Crippen LogP contribution >= 0.6 is 0 Å². The summed E-state index contributed by atoms with van der Waals surface area (Å²) >= 11 is 0. The highest BCUT2D eigenvalue weighted by molar-refractivity contribution is 5.94. The predicted octanol–water partition coefficient (Wildman–Crippen LogP) is 0.420. The summed E-state index contributed by atoms with van der Waals surface area (Å²) < 4.78 is 23.5. The summed E-state index contributed by atoms with van der Waals surface area (Å²) in [6.45, 7) is 0.491. The van der Waals surface area contributed by atoms with Gasteiger partial charge in [-0.1, -0.05) is 0 Å². The van der Waals surface area contributed by atoms with E-state index >= 15 is 0 Å². The molecule has 0 unspecified atom stereocenters. The minimum Gasteiger partial charge on any atom is -0.494 e. The molecule has 2 amide bonds. The van der Waals surface area contributed by atoms with E-state index in [2.05, 4.69) is 5.32 Å². The van der Waals surface area contributed by atoms with Crippen LogP contribution in [0.15, 0.2) is 18.2 Å². The van der Waals surface area contributed by atoms with Crippen LogP contribution in [0.2, 0.25) is 0 Å². The first-order valence-corrected chi connectivity index (χ1v) is 8.02. The van der Waals surface area contributed by atoms with Gasteiger partial charge in [0.05, 0.1) is 13.2 Å². The number of piperidine rings is 1. The Kier molecular flexibility index (Phi) is 6.72. The predicted molar refractivity (Wildman–Crippen MR) is 87.9 cm³/mol. The molecule has 2 rings (SSSR count). The minimum absolute atomic E-state index is 0.0697. The van der Waals surface area contributed by atoms with Crippen molar-refractivity contribution in [2.24, 2.45) is 5.92 Å². The van der Waals surface area contributed by atoms with E-state index in [1.807, 2.05) is 0 Å². The van der Waals surface area contributed by atoms with Crippen molar-refractivity contribution in [3.63, 3.8) is 0 Å². The van der Waals surface area contributed by atoms with Gasteiger partial charge in [0, 0.05) is 38.3 Å². The van der Waals surface area contributed by atoms with Crippen molar-refractivity contribution < 1.29 is 28.6 Å². The number of halogens is 1. The maximum Gasteiger partial charge on any atom is 0.254 e. The summed E-state index contributed by atoms with van der Waals surface area (Å²) in [6.07, 6.45) is 0.540. The van der Waals surface area contributed by atoms with Crippen molar-refractivity contribution in [3.05, 3.63) is 29.6 Å². The van der Waals surface area contributed by atoms with Crippen LogP contribution in [0, 0.1) is 11.7 Å². The van der Waals surface area contributed by atoms with Crippen LogP contribution < -0.4 is 10.1 Å². The average Bonchev–Trinajstić information content (AvgIpc) is 2.61.